The lowest BCUT2D eigenvalue weighted by Crippen LogP contribution is -2.31. The van der Waals surface area contributed by atoms with E-state index in [4.69, 9.17) is 11.6 Å². The summed E-state index contributed by atoms with van der Waals surface area (Å²) in [4.78, 5) is 4.25. The molecule has 1 atom stereocenters. The minimum atomic E-state index is -1.34. The molecule has 5 heteroatoms. The molecule has 4 nitrogen and oxygen atoms in total. The molecule has 30 heavy (non-hydrogen) atoms. The van der Waals surface area contributed by atoms with Gasteiger partial charge in [0.1, 0.15) is 0 Å². The van der Waals surface area contributed by atoms with Crippen molar-refractivity contribution < 1.29 is 5.11 Å². The molecule has 1 unspecified atom stereocenters. The Morgan fingerprint density at radius 3 is 2.47 bits per heavy atom. The summed E-state index contributed by atoms with van der Waals surface area (Å²) in [5, 5.41) is 13.9. The number of aryl methyl sites for hydroxylation is 1. The zero-order valence-corrected chi connectivity index (χ0v) is 17.2. The molecular formula is C25H20ClN3O. The summed E-state index contributed by atoms with van der Waals surface area (Å²) in [7, 11) is 1.89. The van der Waals surface area contributed by atoms with E-state index in [9.17, 15) is 5.11 Å². The number of hydrogen-bond donors (Lipinski definition) is 1. The Morgan fingerprint density at radius 2 is 1.73 bits per heavy atom. The minimum Gasteiger partial charge on any atom is -0.374 e. The highest BCUT2D eigenvalue weighted by Crippen LogP contribution is 2.38. The normalized spacial score (nSPS) is 13.4. The van der Waals surface area contributed by atoms with Crippen LogP contribution in [-0.2, 0) is 12.6 Å². The number of aliphatic hydroxyl groups is 1. The number of fused-ring (bicyclic) bond motifs is 1. The van der Waals surface area contributed by atoms with Crippen LogP contribution in [0.25, 0.3) is 16.6 Å². The second kappa shape index (κ2) is 7.17. The van der Waals surface area contributed by atoms with E-state index in [1.807, 2.05) is 90.6 Å². The number of hydrogen-bond acceptors (Lipinski definition) is 2. The fraction of sp³-hybridized carbons (Fsp3) is 0.0800. The van der Waals surface area contributed by atoms with Crippen molar-refractivity contribution in [3.05, 3.63) is 119 Å². The van der Waals surface area contributed by atoms with E-state index in [1.54, 1.807) is 12.5 Å². The zero-order chi connectivity index (χ0) is 20.7. The molecule has 5 rings (SSSR count). The quantitative estimate of drug-likeness (QED) is 0.434. The third-order valence-electron chi connectivity index (χ3n) is 5.58. The monoisotopic (exact) mass is 413 g/mol. The first kappa shape index (κ1) is 18.7. The van der Waals surface area contributed by atoms with Crippen molar-refractivity contribution in [1.29, 1.82) is 0 Å². The Bertz CT molecular complexity index is 1340. The first-order valence-electron chi connectivity index (χ1n) is 9.69. The van der Waals surface area contributed by atoms with Crippen molar-refractivity contribution in [2.24, 2.45) is 7.05 Å². The Labute approximate surface area is 179 Å². The molecular weight excluding hydrogens is 394 g/mol. The molecule has 0 saturated carbocycles. The van der Waals surface area contributed by atoms with Crippen LogP contribution in [-0.4, -0.2) is 19.2 Å². The molecule has 2 heterocycles. The third-order valence-corrected chi connectivity index (χ3v) is 5.81. The Morgan fingerprint density at radius 1 is 0.900 bits per heavy atom. The highest BCUT2D eigenvalue weighted by molar-refractivity contribution is 6.30. The van der Waals surface area contributed by atoms with Gasteiger partial charge < -0.3 is 14.2 Å². The molecule has 0 saturated heterocycles. The molecule has 148 valence electrons. The van der Waals surface area contributed by atoms with Crippen molar-refractivity contribution in [3.8, 4) is 5.69 Å². The average Bonchev–Trinajstić information content (AvgIpc) is 3.39. The second-order valence-electron chi connectivity index (χ2n) is 7.41. The molecule has 0 aliphatic carbocycles. The highest BCUT2D eigenvalue weighted by atomic mass is 35.5. The second-order valence-corrected chi connectivity index (χ2v) is 7.84. The van der Waals surface area contributed by atoms with Crippen LogP contribution >= 0.6 is 11.6 Å². The van der Waals surface area contributed by atoms with E-state index in [-0.39, 0.29) is 0 Å². The Hall–Kier alpha value is -3.34. The number of imidazole rings is 1. The molecule has 0 bridgehead atoms. The topological polar surface area (TPSA) is 43.0 Å². The molecule has 0 spiro atoms. The molecule has 0 fully saturated rings. The van der Waals surface area contributed by atoms with Gasteiger partial charge in [-0.05, 0) is 46.8 Å². The number of rotatable bonds is 4. The molecule has 2 aromatic heterocycles. The molecule has 0 aliphatic heterocycles. The largest absolute Gasteiger partial charge is 0.374 e. The maximum Gasteiger partial charge on any atom is 0.156 e. The van der Waals surface area contributed by atoms with E-state index in [2.05, 4.69) is 15.6 Å². The molecule has 0 aliphatic rings. The van der Waals surface area contributed by atoms with Gasteiger partial charge in [0.2, 0.25) is 0 Å². The summed E-state index contributed by atoms with van der Waals surface area (Å²) >= 11 is 6.22. The Balaban J connectivity index is 1.76. The number of nitrogens with zero attached hydrogens (tertiary/aromatic N) is 3. The van der Waals surface area contributed by atoms with Gasteiger partial charge in [0.25, 0.3) is 0 Å². The van der Waals surface area contributed by atoms with E-state index >= 15 is 0 Å². The standard InChI is InChI=1S/C25H20ClN3O/c1-28-17-27-16-24(28)25(30,19-6-3-2-4-7-19)20-11-10-18-12-13-29(23(18)14-20)22-9-5-8-21(26)15-22/h2-17,30H,1H3. The summed E-state index contributed by atoms with van der Waals surface area (Å²) in [6, 6.07) is 25.5. The fourth-order valence-corrected chi connectivity index (χ4v) is 4.24. The van der Waals surface area contributed by atoms with Crippen LogP contribution in [0.3, 0.4) is 0 Å². The van der Waals surface area contributed by atoms with Crippen molar-refractivity contribution in [3.63, 3.8) is 0 Å². The maximum absolute atomic E-state index is 12.1. The van der Waals surface area contributed by atoms with Crippen LogP contribution in [0.15, 0.2) is 97.6 Å². The number of benzene rings is 3. The van der Waals surface area contributed by atoms with Crippen molar-refractivity contribution in [2.75, 3.05) is 0 Å². The first-order chi connectivity index (χ1) is 14.6. The molecule has 1 N–H and O–H groups in total. The summed E-state index contributed by atoms with van der Waals surface area (Å²) in [5.74, 6) is 0. The zero-order valence-electron chi connectivity index (χ0n) is 16.4. The summed E-state index contributed by atoms with van der Waals surface area (Å²) in [6.45, 7) is 0. The van der Waals surface area contributed by atoms with E-state index in [1.165, 1.54) is 0 Å². The van der Waals surface area contributed by atoms with Gasteiger partial charge in [-0.1, -0.05) is 60.1 Å². The molecule has 5 aromatic rings. The SMILES string of the molecule is Cn1cncc1C(O)(c1ccccc1)c1ccc2ccn(-c3cccc(Cl)c3)c2c1. The fourth-order valence-electron chi connectivity index (χ4n) is 4.05. The molecule has 0 radical (unpaired) electrons. The number of aromatic nitrogens is 3. The van der Waals surface area contributed by atoms with Gasteiger partial charge in [0, 0.05) is 24.0 Å². The van der Waals surface area contributed by atoms with Gasteiger partial charge in [-0.25, -0.2) is 4.98 Å². The van der Waals surface area contributed by atoms with E-state index in [0.717, 1.165) is 27.7 Å². The summed E-state index contributed by atoms with van der Waals surface area (Å²) in [6.07, 6.45) is 5.44. The minimum absolute atomic E-state index is 0.682. The lowest BCUT2D eigenvalue weighted by Gasteiger charge is -2.30. The van der Waals surface area contributed by atoms with Gasteiger partial charge in [-0.2, -0.15) is 0 Å². The smallest absolute Gasteiger partial charge is 0.156 e. The van der Waals surface area contributed by atoms with Crippen LogP contribution in [0.1, 0.15) is 16.8 Å². The van der Waals surface area contributed by atoms with E-state index < -0.39 is 5.60 Å². The average molecular weight is 414 g/mol. The molecule has 3 aromatic carbocycles. The van der Waals surface area contributed by atoms with E-state index in [0.29, 0.717) is 10.7 Å². The van der Waals surface area contributed by atoms with Crippen molar-refractivity contribution in [2.45, 2.75) is 5.60 Å². The number of halogens is 1. The summed E-state index contributed by atoms with van der Waals surface area (Å²) in [5.41, 5.74) is 2.88. The van der Waals surface area contributed by atoms with Crippen molar-refractivity contribution in [1.82, 2.24) is 14.1 Å². The predicted octanol–water partition coefficient (Wildman–Crippen LogP) is 5.30. The van der Waals surface area contributed by atoms with Gasteiger partial charge in [-0.15, -0.1) is 0 Å². The van der Waals surface area contributed by atoms with Crippen LogP contribution in [0.4, 0.5) is 0 Å². The van der Waals surface area contributed by atoms with Crippen LogP contribution in [0, 0.1) is 0 Å². The van der Waals surface area contributed by atoms with Crippen molar-refractivity contribution >= 4 is 22.5 Å². The lowest BCUT2D eigenvalue weighted by atomic mass is 9.83. The highest BCUT2D eigenvalue weighted by Gasteiger charge is 2.36. The first-order valence-corrected chi connectivity index (χ1v) is 10.1. The van der Waals surface area contributed by atoms with Gasteiger partial charge in [-0.3, -0.25) is 0 Å². The maximum atomic E-state index is 12.1. The predicted molar refractivity (Wildman–Crippen MR) is 120 cm³/mol. The van der Waals surface area contributed by atoms with Crippen LogP contribution < -0.4 is 0 Å². The summed E-state index contributed by atoms with van der Waals surface area (Å²) < 4.78 is 3.94. The van der Waals surface area contributed by atoms with Gasteiger partial charge >= 0.3 is 0 Å². The van der Waals surface area contributed by atoms with Gasteiger partial charge in [0.05, 0.1) is 23.7 Å². The van der Waals surface area contributed by atoms with Gasteiger partial charge in [0.15, 0.2) is 5.60 Å². The third kappa shape index (κ3) is 2.93. The molecule has 0 amide bonds. The van der Waals surface area contributed by atoms with Crippen LogP contribution in [0.2, 0.25) is 5.02 Å². The Kier molecular flexibility index (Phi) is 4.46. The lowest BCUT2D eigenvalue weighted by molar-refractivity contribution is 0.117. The van der Waals surface area contributed by atoms with Crippen LogP contribution in [0.5, 0.6) is 0 Å².